The number of fused-ring (bicyclic) bond motifs is 1. The van der Waals surface area contributed by atoms with Gasteiger partial charge in [0, 0.05) is 32.1 Å². The van der Waals surface area contributed by atoms with Crippen molar-refractivity contribution in [3.05, 3.63) is 63.3 Å². The second-order valence-electron chi connectivity index (χ2n) is 8.53. The highest BCUT2D eigenvalue weighted by Crippen LogP contribution is 2.27. The molecule has 1 saturated heterocycles. The molecule has 176 valence electrons. The topological polar surface area (TPSA) is 88.5 Å². The van der Waals surface area contributed by atoms with Crippen molar-refractivity contribution in [3.8, 4) is 0 Å². The van der Waals surface area contributed by atoms with Crippen molar-refractivity contribution in [1.29, 1.82) is 0 Å². The van der Waals surface area contributed by atoms with E-state index < -0.39 is 10.0 Å². The molecule has 2 heterocycles. The number of hydrogen-bond acceptors (Lipinski definition) is 5. The minimum Gasteiger partial charge on any atom is -0.352 e. The highest BCUT2D eigenvalue weighted by atomic mass is 32.2. The number of nitrogens with zero attached hydrogens (tertiary/aromatic N) is 2. The molecule has 0 unspecified atom stereocenters. The minimum absolute atomic E-state index is 0.0314. The number of nitrogens with one attached hydrogen (secondary N) is 1. The van der Waals surface area contributed by atoms with Crippen molar-refractivity contribution in [2.75, 3.05) is 13.1 Å². The van der Waals surface area contributed by atoms with Gasteiger partial charge in [0.25, 0.3) is 0 Å². The van der Waals surface area contributed by atoms with E-state index >= 15 is 0 Å². The number of benzene rings is 2. The molecule has 4 rings (SSSR count). The Morgan fingerprint density at radius 2 is 1.82 bits per heavy atom. The Morgan fingerprint density at radius 3 is 2.48 bits per heavy atom. The highest BCUT2D eigenvalue weighted by Gasteiger charge is 2.32. The first kappa shape index (κ1) is 23.7. The summed E-state index contributed by atoms with van der Waals surface area (Å²) in [6.45, 7) is 5.71. The maximum atomic E-state index is 13.2. The van der Waals surface area contributed by atoms with Crippen molar-refractivity contribution in [1.82, 2.24) is 14.2 Å². The molecular weight excluding hydrogens is 458 g/mol. The number of hydrogen-bond donors (Lipinski definition) is 1. The first-order valence-electron chi connectivity index (χ1n) is 11.3. The first-order chi connectivity index (χ1) is 15.8. The zero-order valence-electron chi connectivity index (χ0n) is 18.9. The summed E-state index contributed by atoms with van der Waals surface area (Å²) < 4.78 is 30.2. The molecule has 0 spiro atoms. The van der Waals surface area contributed by atoms with Crippen LogP contribution in [0.1, 0.15) is 37.3 Å². The summed E-state index contributed by atoms with van der Waals surface area (Å²) in [4.78, 5) is 24.9. The number of amides is 1. The fourth-order valence-corrected chi connectivity index (χ4v) is 6.72. The van der Waals surface area contributed by atoms with Crippen LogP contribution in [0.25, 0.3) is 10.2 Å². The monoisotopic (exact) mass is 487 g/mol. The number of piperidine rings is 1. The summed E-state index contributed by atoms with van der Waals surface area (Å²) in [5.41, 5.74) is 2.99. The molecule has 1 amide bonds. The Bertz CT molecular complexity index is 1300. The second-order valence-corrected chi connectivity index (χ2v) is 11.5. The SMILES string of the molecule is CCCn1c(=O)sc2cc(S(=O)(=O)N3CCC(C(=O)NCc4ccc(C)cc4)CC3)ccc21. The molecule has 7 nitrogen and oxygen atoms in total. The Hall–Kier alpha value is -2.49. The number of sulfonamides is 1. The number of carbonyl (C=O) groups excluding carboxylic acids is 1. The van der Waals surface area contributed by atoms with E-state index in [1.807, 2.05) is 38.1 Å². The number of rotatable bonds is 7. The lowest BCUT2D eigenvalue weighted by atomic mass is 9.97. The molecule has 0 radical (unpaired) electrons. The van der Waals surface area contributed by atoms with E-state index in [2.05, 4.69) is 5.32 Å². The van der Waals surface area contributed by atoms with E-state index in [9.17, 15) is 18.0 Å². The smallest absolute Gasteiger partial charge is 0.308 e. The lowest BCUT2D eigenvalue weighted by molar-refractivity contribution is -0.126. The maximum Gasteiger partial charge on any atom is 0.308 e. The lowest BCUT2D eigenvalue weighted by Gasteiger charge is -2.30. The van der Waals surface area contributed by atoms with Crippen LogP contribution in [0.5, 0.6) is 0 Å². The fraction of sp³-hybridized carbons (Fsp3) is 0.417. The summed E-state index contributed by atoms with van der Waals surface area (Å²) in [7, 11) is -3.68. The first-order valence-corrected chi connectivity index (χ1v) is 13.5. The van der Waals surface area contributed by atoms with Gasteiger partial charge in [-0.1, -0.05) is 48.1 Å². The maximum absolute atomic E-state index is 13.2. The third-order valence-electron chi connectivity index (χ3n) is 6.14. The highest BCUT2D eigenvalue weighted by molar-refractivity contribution is 7.89. The van der Waals surface area contributed by atoms with Crippen LogP contribution in [-0.2, 0) is 27.9 Å². The molecule has 0 saturated carbocycles. The van der Waals surface area contributed by atoms with Crippen LogP contribution < -0.4 is 10.2 Å². The lowest BCUT2D eigenvalue weighted by Crippen LogP contribution is -2.42. The van der Waals surface area contributed by atoms with Gasteiger partial charge in [0.1, 0.15) is 0 Å². The zero-order valence-corrected chi connectivity index (χ0v) is 20.5. The molecule has 1 aliphatic heterocycles. The van der Waals surface area contributed by atoms with E-state index in [0.29, 0.717) is 43.7 Å². The fourth-order valence-electron chi connectivity index (χ4n) is 4.19. The van der Waals surface area contributed by atoms with Gasteiger partial charge in [-0.2, -0.15) is 4.31 Å². The molecule has 33 heavy (non-hydrogen) atoms. The van der Waals surface area contributed by atoms with Crippen molar-refractivity contribution in [2.45, 2.75) is 51.1 Å². The molecule has 1 N–H and O–H groups in total. The molecule has 9 heteroatoms. The van der Waals surface area contributed by atoms with Crippen LogP contribution in [-0.4, -0.2) is 36.3 Å². The molecule has 0 bridgehead atoms. The van der Waals surface area contributed by atoms with Crippen LogP contribution in [0.4, 0.5) is 0 Å². The van der Waals surface area contributed by atoms with Crippen LogP contribution >= 0.6 is 11.3 Å². The van der Waals surface area contributed by atoms with Crippen LogP contribution in [0, 0.1) is 12.8 Å². The van der Waals surface area contributed by atoms with Gasteiger partial charge in [-0.25, -0.2) is 8.42 Å². The summed E-state index contributed by atoms with van der Waals surface area (Å²) >= 11 is 1.08. The Morgan fingerprint density at radius 1 is 1.12 bits per heavy atom. The number of carbonyl (C=O) groups is 1. The summed E-state index contributed by atoms with van der Waals surface area (Å²) in [6.07, 6.45) is 1.81. The largest absolute Gasteiger partial charge is 0.352 e. The van der Waals surface area contributed by atoms with Crippen molar-refractivity contribution in [2.24, 2.45) is 5.92 Å². The zero-order chi connectivity index (χ0) is 23.6. The molecule has 1 aliphatic rings. The molecule has 3 aromatic rings. The molecule has 1 aromatic heterocycles. The normalized spacial score (nSPS) is 15.7. The number of aromatic nitrogens is 1. The van der Waals surface area contributed by atoms with E-state index in [1.165, 1.54) is 9.87 Å². The van der Waals surface area contributed by atoms with Crippen molar-refractivity contribution < 1.29 is 13.2 Å². The van der Waals surface area contributed by atoms with Crippen molar-refractivity contribution >= 4 is 37.5 Å². The van der Waals surface area contributed by atoms with E-state index in [0.717, 1.165) is 28.8 Å². The summed E-state index contributed by atoms with van der Waals surface area (Å²) in [5, 5.41) is 2.97. The quantitative estimate of drug-likeness (QED) is 0.553. The molecule has 0 aliphatic carbocycles. The Balaban J connectivity index is 1.39. The molecule has 0 atom stereocenters. The van der Waals surface area contributed by atoms with Gasteiger partial charge in [-0.3, -0.25) is 14.2 Å². The number of thiazole rings is 1. The predicted molar refractivity (Wildman–Crippen MR) is 131 cm³/mol. The van der Waals surface area contributed by atoms with Gasteiger partial charge in [-0.15, -0.1) is 0 Å². The Labute approximate surface area is 198 Å². The van der Waals surface area contributed by atoms with E-state index in [-0.39, 0.29) is 21.6 Å². The van der Waals surface area contributed by atoms with Gasteiger partial charge in [0.2, 0.25) is 15.9 Å². The van der Waals surface area contributed by atoms with Gasteiger partial charge in [0.15, 0.2) is 0 Å². The van der Waals surface area contributed by atoms with Gasteiger partial charge in [-0.05, 0) is 49.9 Å². The van der Waals surface area contributed by atoms with E-state index in [1.54, 1.807) is 22.8 Å². The van der Waals surface area contributed by atoms with Gasteiger partial charge >= 0.3 is 4.87 Å². The van der Waals surface area contributed by atoms with Crippen LogP contribution in [0.3, 0.4) is 0 Å². The minimum atomic E-state index is -3.68. The molecular formula is C24H29N3O4S2. The van der Waals surface area contributed by atoms with Crippen molar-refractivity contribution in [3.63, 3.8) is 0 Å². The summed E-state index contributed by atoms with van der Waals surface area (Å²) in [5.74, 6) is -0.228. The summed E-state index contributed by atoms with van der Waals surface area (Å²) in [6, 6.07) is 12.9. The third kappa shape index (κ3) is 5.05. The van der Waals surface area contributed by atoms with E-state index in [4.69, 9.17) is 0 Å². The average molecular weight is 488 g/mol. The standard InChI is InChI=1S/C24H29N3O4S2/c1-3-12-27-21-9-8-20(15-22(21)32-24(27)29)33(30,31)26-13-10-19(11-14-26)23(28)25-16-18-6-4-17(2)5-7-18/h4-9,15,19H,3,10-14,16H2,1-2H3,(H,25,28). The molecule has 2 aromatic carbocycles. The van der Waals surface area contributed by atoms with Crippen LogP contribution in [0.2, 0.25) is 0 Å². The average Bonchev–Trinajstić information content (AvgIpc) is 3.13. The number of aryl methyl sites for hydroxylation is 2. The van der Waals surface area contributed by atoms with Gasteiger partial charge < -0.3 is 5.32 Å². The second kappa shape index (κ2) is 9.79. The van der Waals surface area contributed by atoms with Gasteiger partial charge in [0.05, 0.1) is 15.1 Å². The Kier molecular flexibility index (Phi) is 7.02. The molecule has 1 fully saturated rings. The third-order valence-corrected chi connectivity index (χ3v) is 8.97. The van der Waals surface area contributed by atoms with Crippen LogP contribution in [0.15, 0.2) is 52.2 Å². The predicted octanol–water partition coefficient (Wildman–Crippen LogP) is 3.50.